The molecule has 0 saturated carbocycles. The first-order valence-electron chi connectivity index (χ1n) is 32.8. The molecule has 23 nitrogen and oxygen atoms in total. The van der Waals surface area contributed by atoms with Crippen LogP contribution in [0.2, 0.25) is 0 Å². The minimum absolute atomic E-state index is 0.0472. The summed E-state index contributed by atoms with van der Waals surface area (Å²) >= 11 is 20.9. The average Bonchev–Trinajstić information content (AvgIpc) is 1.08. The number of ether oxygens (including phenoxy) is 5. The predicted molar refractivity (Wildman–Crippen MR) is 402 cm³/mol. The highest BCUT2D eigenvalue weighted by atomic mass is 35.5. The van der Waals surface area contributed by atoms with Crippen molar-refractivity contribution in [2.45, 2.75) is 41.1 Å². The van der Waals surface area contributed by atoms with Crippen molar-refractivity contribution < 1.29 is 66.9 Å². The zero-order valence-electron chi connectivity index (χ0n) is 56.1. The summed E-state index contributed by atoms with van der Waals surface area (Å²) in [6.45, 7) is 1.75. The summed E-state index contributed by atoms with van der Waals surface area (Å²) in [6.07, 6.45) is -1.76. The van der Waals surface area contributed by atoms with E-state index in [1.54, 1.807) is 13.0 Å². The normalized spacial score (nSPS) is 14.2. The first kappa shape index (κ1) is 73.8. The van der Waals surface area contributed by atoms with Gasteiger partial charge in [-0.05, 0) is 69.6 Å². The van der Waals surface area contributed by atoms with Crippen LogP contribution in [0.1, 0.15) is 83.5 Å². The largest absolute Gasteiger partial charge is 0.448 e. The van der Waals surface area contributed by atoms with Gasteiger partial charge in [0.2, 0.25) is 5.75 Å². The Bertz CT molecular complexity index is 5000. The van der Waals surface area contributed by atoms with E-state index in [0.29, 0.717) is 27.4 Å². The van der Waals surface area contributed by atoms with E-state index in [9.17, 15) is 24.0 Å². The lowest BCUT2D eigenvalue weighted by Crippen LogP contribution is -2.71. The SMILES string of the molecule is Cc1cc(SCC2=C(C(=O)OC(c3ccccc3)c3ccccc3)N3C(=O)[C@@H](NC(=O)/C(=N\OC(=O)c4cc(OC(=O)CCl)c(OC(=O)CCl)c(OC(=O)CCl)c4)c4csc(NC(c5ccccc5)(c5ccccc5)c5ccccc5)n4)[C@H]3SC2)n2nc(C(=O)OC(c3ccccc3)c3ccccc3)nc2n1. The third-order valence-electron chi connectivity index (χ3n) is 16.7. The summed E-state index contributed by atoms with van der Waals surface area (Å²) in [7, 11) is 0. The van der Waals surface area contributed by atoms with E-state index >= 15 is 14.4 Å². The van der Waals surface area contributed by atoms with Crippen molar-refractivity contribution in [3.8, 4) is 17.2 Å². The first-order chi connectivity index (χ1) is 52.1. The van der Waals surface area contributed by atoms with Crippen LogP contribution in [-0.2, 0) is 48.6 Å². The second-order valence-electron chi connectivity index (χ2n) is 23.7. The van der Waals surface area contributed by atoms with Crippen LogP contribution in [0.25, 0.3) is 5.78 Å². The fourth-order valence-corrected chi connectivity index (χ4v) is 15.3. The molecular weight excluding hydrogens is 1490 g/mol. The number of carbonyl (C=O) groups excluding carboxylic acids is 8. The van der Waals surface area contributed by atoms with Crippen LogP contribution in [0.5, 0.6) is 17.2 Å². The van der Waals surface area contributed by atoms with Gasteiger partial charge in [0.05, 0.1) is 5.56 Å². The van der Waals surface area contributed by atoms with E-state index in [1.807, 2.05) is 212 Å². The fourth-order valence-electron chi connectivity index (χ4n) is 11.9. The quantitative estimate of drug-likeness (QED) is 0.00462. The number of hydrogen-bond acceptors (Lipinski definition) is 23. The first-order valence-corrected chi connectivity index (χ1v) is 37.3. The number of amides is 2. The number of hydrogen-bond donors (Lipinski definition) is 2. The number of thiazole rings is 1. The summed E-state index contributed by atoms with van der Waals surface area (Å²) in [5, 5.41) is 16.4. The molecule has 0 radical (unpaired) electrons. The van der Waals surface area contributed by atoms with E-state index in [1.165, 1.54) is 38.3 Å². The Kier molecular flexibility index (Phi) is 23.2. The molecule has 0 unspecified atom stereocenters. The minimum atomic E-state index is -1.39. The molecule has 3 aromatic heterocycles. The topological polar surface area (TPSA) is 288 Å². The number of carbonyl (C=O) groups is 8. The van der Waals surface area contributed by atoms with Crippen LogP contribution in [-0.4, -0.2) is 123 Å². The predicted octanol–water partition coefficient (Wildman–Crippen LogP) is 13.0. The van der Waals surface area contributed by atoms with Gasteiger partial charge in [0.15, 0.2) is 34.6 Å². The Morgan fingerprint density at radius 1 is 0.598 bits per heavy atom. The van der Waals surface area contributed by atoms with Gasteiger partial charge >= 0.3 is 35.8 Å². The number of rotatable bonds is 27. The summed E-state index contributed by atoms with van der Waals surface area (Å²) < 4.78 is 30.0. The van der Waals surface area contributed by atoms with Crippen LogP contribution in [0, 0.1) is 6.92 Å². The lowest BCUT2D eigenvalue weighted by atomic mass is 9.77. The molecule has 8 aromatic carbocycles. The molecule has 13 rings (SSSR count). The van der Waals surface area contributed by atoms with Crippen LogP contribution in [0.15, 0.2) is 257 Å². The minimum Gasteiger partial charge on any atom is -0.448 e. The zero-order valence-corrected chi connectivity index (χ0v) is 60.8. The maximum atomic E-state index is 15.4. The van der Waals surface area contributed by atoms with Crippen molar-refractivity contribution in [1.82, 2.24) is 34.8 Å². The van der Waals surface area contributed by atoms with Gasteiger partial charge in [-0.25, -0.2) is 24.4 Å². The second-order valence-corrected chi connectivity index (χ2v) is 27.4. The van der Waals surface area contributed by atoms with Gasteiger partial charge in [0, 0.05) is 22.6 Å². The zero-order chi connectivity index (χ0) is 74.6. The number of fused-ring (bicyclic) bond motifs is 2. The maximum absolute atomic E-state index is 15.4. The van der Waals surface area contributed by atoms with Crippen molar-refractivity contribution in [2.24, 2.45) is 5.16 Å². The maximum Gasteiger partial charge on any atom is 0.379 e. The molecule has 29 heteroatoms. The van der Waals surface area contributed by atoms with E-state index in [4.69, 9.17) is 68.3 Å². The molecular formula is C78H58Cl3N9O14S3. The molecule has 2 N–H and O–H groups in total. The van der Waals surface area contributed by atoms with Gasteiger partial charge in [-0.1, -0.05) is 217 Å². The van der Waals surface area contributed by atoms with Crippen molar-refractivity contribution in [1.29, 1.82) is 0 Å². The van der Waals surface area contributed by atoms with Crippen LogP contribution >= 0.6 is 69.7 Å². The third-order valence-corrected chi connectivity index (χ3v) is 20.5. The van der Waals surface area contributed by atoms with Crippen molar-refractivity contribution in [2.75, 3.05) is 34.5 Å². The lowest BCUT2D eigenvalue weighted by molar-refractivity contribution is -0.154. The summed E-state index contributed by atoms with van der Waals surface area (Å²) in [6, 6.07) is 67.6. The third kappa shape index (κ3) is 16.5. The highest BCUT2D eigenvalue weighted by Crippen LogP contribution is 2.45. The molecule has 1 fully saturated rings. The highest BCUT2D eigenvalue weighted by Gasteiger charge is 2.55. The molecule has 11 aromatic rings. The van der Waals surface area contributed by atoms with Crippen molar-refractivity contribution in [3.63, 3.8) is 0 Å². The van der Waals surface area contributed by atoms with Gasteiger partial charge in [-0.3, -0.25) is 28.9 Å². The van der Waals surface area contributed by atoms with Gasteiger partial charge in [-0.2, -0.15) is 9.50 Å². The number of alkyl halides is 3. The van der Waals surface area contributed by atoms with Crippen LogP contribution < -0.4 is 24.8 Å². The molecule has 2 amide bonds. The van der Waals surface area contributed by atoms with Gasteiger partial charge in [0.25, 0.3) is 23.4 Å². The molecule has 0 aliphatic carbocycles. The Morgan fingerprint density at radius 3 is 1.55 bits per heavy atom. The molecule has 0 bridgehead atoms. The fraction of sp³-hybridized carbons (Fsp3) is 0.141. The number of nitrogens with one attached hydrogen (secondary N) is 2. The number of anilines is 1. The van der Waals surface area contributed by atoms with Crippen molar-refractivity contribution >= 4 is 134 Å². The Labute approximate surface area is 638 Å². The number of β-lactam (4-membered cyclic amide) rings is 1. The highest BCUT2D eigenvalue weighted by molar-refractivity contribution is 8.01. The van der Waals surface area contributed by atoms with E-state index in [2.05, 4.69) is 30.9 Å². The summed E-state index contributed by atoms with van der Waals surface area (Å²) in [5.74, 6) is -12.3. The van der Waals surface area contributed by atoms with Crippen LogP contribution in [0.3, 0.4) is 0 Å². The molecule has 5 heterocycles. The average molecular weight is 1550 g/mol. The Balaban J connectivity index is 0.851. The van der Waals surface area contributed by atoms with Gasteiger partial charge < -0.3 is 39.2 Å². The number of esters is 5. The molecule has 2 aliphatic heterocycles. The second kappa shape index (κ2) is 33.7. The summed E-state index contributed by atoms with van der Waals surface area (Å²) in [5.41, 5.74) is 3.52. The molecule has 1 saturated heterocycles. The number of aryl methyl sites for hydroxylation is 1. The summed E-state index contributed by atoms with van der Waals surface area (Å²) in [4.78, 5) is 134. The number of nitrogens with zero attached hydrogens (tertiary/aromatic N) is 7. The molecule has 2 atom stereocenters. The molecule has 538 valence electrons. The van der Waals surface area contributed by atoms with Gasteiger partial charge in [-0.15, -0.1) is 74.8 Å². The number of benzene rings is 8. The monoisotopic (exact) mass is 1550 g/mol. The van der Waals surface area contributed by atoms with Crippen molar-refractivity contribution in [3.05, 3.63) is 309 Å². The Hall–Kier alpha value is -11.5. The van der Waals surface area contributed by atoms with Gasteiger partial charge in [0.1, 0.15) is 51.0 Å². The number of oxime groups is 1. The Morgan fingerprint density at radius 2 is 1.07 bits per heavy atom. The lowest BCUT2D eigenvalue weighted by Gasteiger charge is -2.49. The van der Waals surface area contributed by atoms with E-state index in [0.717, 1.165) is 51.3 Å². The molecule has 2 aliphatic rings. The number of thioether (sulfide) groups is 2. The number of halogens is 3. The molecule has 107 heavy (non-hydrogen) atoms. The smallest absolute Gasteiger partial charge is 0.379 e. The standard InChI is InChI=1S/C78H58Cl3N9O14S3/c1-46-37-59(90-76(82-46)85-69(87-90)75(98)103-67(49-27-13-4-14-28-49)50-29-15-5-16-30-50)105-43-52-44-106-72-64(71(95)89(72)65(52)74(97)102-66(47-23-9-2-10-24-47)48-25-11-3-12-26-48)84-70(94)63(88-104-73(96)51-38-57(99-60(91)40-79)68(101-62(93)42-81)58(39-51)100-61(92)41-80)56-45-107-77(83-56)86-78(53-31-17-6-18-32-53,54-33-19-7-20-34-54)55-35-21-8-22-36-55/h2-39,45,64,66-67,72H,40-44H2,1H3,(H,83,86)(H,84,94)/b88-63-/t64-,72-/m1/s1. The van der Waals surface area contributed by atoms with Crippen LogP contribution in [0.4, 0.5) is 5.13 Å². The molecule has 0 spiro atoms. The number of aromatic nitrogens is 5. The van der Waals surface area contributed by atoms with E-state index < -0.39 is 123 Å². The van der Waals surface area contributed by atoms with E-state index in [-0.39, 0.29) is 39.6 Å².